The number of rotatable bonds is 9. The van der Waals surface area contributed by atoms with Crippen LogP contribution < -0.4 is 10.1 Å². The molecule has 0 unspecified atom stereocenters. The minimum atomic E-state index is -3.67. The van der Waals surface area contributed by atoms with Crippen molar-refractivity contribution in [3.05, 3.63) is 47.8 Å². The molecule has 1 fully saturated rings. The molecule has 1 N–H and O–H groups in total. The van der Waals surface area contributed by atoms with E-state index in [1.165, 1.54) is 29.2 Å². The number of aromatic nitrogens is 1. The number of imide groups is 1. The second-order valence-corrected chi connectivity index (χ2v) is 8.94. The number of carbonyl (C=O) groups excluding carboxylic acids is 2. The van der Waals surface area contributed by atoms with Gasteiger partial charge in [0.1, 0.15) is 18.9 Å². The second-order valence-electron chi connectivity index (χ2n) is 6.83. The summed E-state index contributed by atoms with van der Waals surface area (Å²) in [5, 5.41) is 2.20. The fraction of sp³-hybridized carbons (Fsp3) is 0.368. The summed E-state index contributed by atoms with van der Waals surface area (Å²) in [4.78, 5) is 24.3. The van der Waals surface area contributed by atoms with Crippen molar-refractivity contribution in [3.8, 4) is 5.75 Å². The molecule has 3 rings (SSSR count). The zero-order chi connectivity index (χ0) is 21.9. The highest BCUT2D eigenvalue weighted by Gasteiger charge is 2.27. The average molecular weight is 441 g/mol. The maximum atomic E-state index is 12.7. The van der Waals surface area contributed by atoms with Gasteiger partial charge in [-0.2, -0.15) is 0 Å². The predicted molar refractivity (Wildman–Crippen MR) is 103 cm³/mol. The van der Waals surface area contributed by atoms with E-state index in [-0.39, 0.29) is 41.8 Å². The number of carbonyl (C=O) groups is 2. The van der Waals surface area contributed by atoms with Gasteiger partial charge in [-0.05, 0) is 30.3 Å². The summed E-state index contributed by atoms with van der Waals surface area (Å²) >= 11 is 0. The van der Waals surface area contributed by atoms with Crippen LogP contribution in [0.4, 0.5) is 13.6 Å². The smallest absolute Gasteiger partial charge is 0.324 e. The fourth-order valence-corrected chi connectivity index (χ4v) is 4.39. The Labute approximate surface area is 172 Å². The van der Waals surface area contributed by atoms with Gasteiger partial charge in [-0.3, -0.25) is 10.1 Å². The normalized spacial score (nSPS) is 14.5. The van der Waals surface area contributed by atoms with E-state index < -0.39 is 28.9 Å². The maximum absolute atomic E-state index is 12.7. The van der Waals surface area contributed by atoms with Gasteiger partial charge in [0.05, 0.1) is 17.2 Å². The molecule has 1 aliphatic rings. The van der Waals surface area contributed by atoms with E-state index in [0.29, 0.717) is 0 Å². The monoisotopic (exact) mass is 441 g/mol. The summed E-state index contributed by atoms with van der Waals surface area (Å²) in [5.74, 6) is -0.484. The standard InChI is InChI=1S/C19H21F2N3O5S/c1-23-13(5-6-14(23)10-24-11-18(25)22-19(24)26)7-8-30(27,28)16-4-2-3-15(9-16)29-12-17(20)21/h2-6,9,17H,7-8,10-12H2,1H3,(H,22,25,26). The molecule has 2 aromatic rings. The minimum absolute atomic E-state index is 0.00375. The number of hydrogen-bond acceptors (Lipinski definition) is 5. The van der Waals surface area contributed by atoms with Crippen molar-refractivity contribution < 1.29 is 31.5 Å². The number of urea groups is 1. The van der Waals surface area contributed by atoms with Gasteiger partial charge in [-0.15, -0.1) is 0 Å². The molecule has 2 heterocycles. The molecular weight excluding hydrogens is 420 g/mol. The van der Waals surface area contributed by atoms with Crippen LogP contribution in [-0.4, -0.2) is 55.2 Å². The van der Waals surface area contributed by atoms with E-state index >= 15 is 0 Å². The molecule has 1 aromatic carbocycles. The Morgan fingerprint density at radius 1 is 1.17 bits per heavy atom. The number of sulfone groups is 1. The Morgan fingerprint density at radius 3 is 2.57 bits per heavy atom. The van der Waals surface area contributed by atoms with Crippen LogP contribution in [0.1, 0.15) is 11.4 Å². The molecule has 11 heteroatoms. The third-order valence-corrected chi connectivity index (χ3v) is 6.43. The lowest BCUT2D eigenvalue weighted by atomic mass is 10.3. The summed E-state index contributed by atoms with van der Waals surface area (Å²) in [6.07, 6.45) is -2.44. The number of hydrogen-bond donors (Lipinski definition) is 1. The van der Waals surface area contributed by atoms with Crippen molar-refractivity contribution in [1.29, 1.82) is 0 Å². The molecule has 0 bridgehead atoms. The van der Waals surface area contributed by atoms with Crippen molar-refractivity contribution in [1.82, 2.24) is 14.8 Å². The van der Waals surface area contributed by atoms with E-state index in [1.54, 1.807) is 23.7 Å². The number of aryl methyl sites for hydroxylation is 1. The number of nitrogens with one attached hydrogen (secondary N) is 1. The van der Waals surface area contributed by atoms with Gasteiger partial charge in [0, 0.05) is 24.9 Å². The number of amides is 3. The minimum Gasteiger partial charge on any atom is -0.488 e. The number of halogens is 2. The van der Waals surface area contributed by atoms with Crippen molar-refractivity contribution in [2.45, 2.75) is 24.3 Å². The van der Waals surface area contributed by atoms with Crippen molar-refractivity contribution in [2.24, 2.45) is 7.05 Å². The van der Waals surface area contributed by atoms with Gasteiger partial charge >= 0.3 is 6.03 Å². The van der Waals surface area contributed by atoms with Gasteiger partial charge in [-0.25, -0.2) is 22.0 Å². The first-order chi connectivity index (χ1) is 14.2. The zero-order valence-corrected chi connectivity index (χ0v) is 17.0. The Kier molecular flexibility index (Phi) is 6.40. The topological polar surface area (TPSA) is 97.7 Å². The van der Waals surface area contributed by atoms with Crippen molar-refractivity contribution >= 4 is 21.8 Å². The first-order valence-electron chi connectivity index (χ1n) is 9.12. The maximum Gasteiger partial charge on any atom is 0.324 e. The molecule has 0 saturated carbocycles. The summed E-state index contributed by atoms with van der Waals surface area (Å²) < 4.78 is 56.6. The molecule has 0 spiro atoms. The number of nitrogens with zero attached hydrogens (tertiary/aromatic N) is 2. The van der Waals surface area contributed by atoms with Crippen molar-refractivity contribution in [3.63, 3.8) is 0 Å². The Bertz CT molecular complexity index is 1050. The van der Waals surface area contributed by atoms with Crippen LogP contribution in [0.5, 0.6) is 5.75 Å². The number of ether oxygens (including phenoxy) is 1. The van der Waals surface area contributed by atoms with Gasteiger partial charge in [0.25, 0.3) is 6.43 Å². The summed E-state index contributed by atoms with van der Waals surface area (Å²) in [7, 11) is -1.91. The fourth-order valence-electron chi connectivity index (χ4n) is 3.09. The highest BCUT2D eigenvalue weighted by atomic mass is 32.2. The van der Waals surface area contributed by atoms with Crippen LogP contribution in [0.3, 0.4) is 0 Å². The summed E-state index contributed by atoms with van der Waals surface area (Å²) in [6.45, 7) is -0.599. The van der Waals surface area contributed by atoms with E-state index in [1.807, 2.05) is 0 Å². The van der Waals surface area contributed by atoms with Crippen LogP contribution in [-0.2, 0) is 34.6 Å². The SMILES string of the molecule is Cn1c(CCS(=O)(=O)c2cccc(OCC(F)F)c2)ccc1CN1CC(=O)NC1=O. The first-order valence-corrected chi connectivity index (χ1v) is 10.8. The van der Waals surface area contributed by atoms with Gasteiger partial charge < -0.3 is 14.2 Å². The molecule has 30 heavy (non-hydrogen) atoms. The zero-order valence-electron chi connectivity index (χ0n) is 16.2. The van der Waals surface area contributed by atoms with Gasteiger partial charge in [0.2, 0.25) is 5.91 Å². The third kappa shape index (κ3) is 5.15. The molecule has 0 aliphatic carbocycles. The molecule has 0 atom stereocenters. The quantitative estimate of drug-likeness (QED) is 0.598. The van der Waals surface area contributed by atoms with E-state index in [9.17, 15) is 26.8 Å². The Morgan fingerprint density at radius 2 is 1.90 bits per heavy atom. The van der Waals surface area contributed by atoms with Crippen LogP contribution in [0.15, 0.2) is 41.3 Å². The second kappa shape index (κ2) is 8.82. The molecular formula is C19H21F2N3O5S. The van der Waals surface area contributed by atoms with E-state index in [0.717, 1.165) is 11.4 Å². The molecule has 1 aliphatic heterocycles. The van der Waals surface area contributed by atoms with Crippen LogP contribution >= 0.6 is 0 Å². The lowest BCUT2D eigenvalue weighted by Crippen LogP contribution is -2.28. The third-order valence-electron chi connectivity index (χ3n) is 4.72. The van der Waals surface area contributed by atoms with E-state index in [2.05, 4.69) is 5.32 Å². The van der Waals surface area contributed by atoms with Crippen LogP contribution in [0, 0.1) is 0 Å². The number of benzene rings is 1. The summed E-state index contributed by atoms with van der Waals surface area (Å²) in [5.41, 5.74) is 1.50. The largest absolute Gasteiger partial charge is 0.488 e. The predicted octanol–water partition coefficient (Wildman–Crippen LogP) is 1.74. The summed E-state index contributed by atoms with van der Waals surface area (Å²) in [6, 6.07) is 8.57. The molecule has 1 aromatic heterocycles. The van der Waals surface area contributed by atoms with Crippen LogP contribution in [0.25, 0.3) is 0 Å². The Balaban J connectivity index is 1.65. The first kappa shape index (κ1) is 21.8. The highest BCUT2D eigenvalue weighted by molar-refractivity contribution is 7.91. The van der Waals surface area contributed by atoms with E-state index in [4.69, 9.17) is 4.74 Å². The Hall–Kier alpha value is -2.95. The van der Waals surface area contributed by atoms with Crippen molar-refractivity contribution in [2.75, 3.05) is 18.9 Å². The highest BCUT2D eigenvalue weighted by Crippen LogP contribution is 2.21. The number of alkyl halides is 2. The molecule has 3 amide bonds. The lowest BCUT2D eigenvalue weighted by molar-refractivity contribution is -0.118. The molecule has 8 nitrogen and oxygen atoms in total. The molecule has 0 radical (unpaired) electrons. The van der Waals surface area contributed by atoms with Gasteiger partial charge in [-0.1, -0.05) is 6.07 Å². The molecule has 162 valence electrons. The molecule has 1 saturated heterocycles. The van der Waals surface area contributed by atoms with Gasteiger partial charge in [0.15, 0.2) is 9.84 Å². The average Bonchev–Trinajstić information content (AvgIpc) is 3.20. The van der Waals surface area contributed by atoms with Crippen LogP contribution in [0.2, 0.25) is 0 Å². The lowest BCUT2D eigenvalue weighted by Gasteiger charge is -2.15.